The highest BCUT2D eigenvalue weighted by atomic mass is 35.5. The van der Waals surface area contributed by atoms with Crippen LogP contribution in [0.15, 0.2) is 24.3 Å². The minimum Gasteiger partial charge on any atom is -1.00 e. The van der Waals surface area contributed by atoms with Gasteiger partial charge in [-0.3, -0.25) is 14.9 Å². The number of hydrogen-bond donors (Lipinski definition) is 2. The second kappa shape index (κ2) is 6.04. The summed E-state index contributed by atoms with van der Waals surface area (Å²) in [6.45, 7) is 1.67. The molecule has 0 saturated carbocycles. The molecular formula is C9H12ClN3O3. The van der Waals surface area contributed by atoms with E-state index in [2.05, 4.69) is 11.1 Å². The van der Waals surface area contributed by atoms with Crippen molar-refractivity contribution in [3.05, 3.63) is 34.4 Å². The van der Waals surface area contributed by atoms with Crippen molar-refractivity contribution in [3.8, 4) is 0 Å². The van der Waals surface area contributed by atoms with Crippen LogP contribution in [-0.2, 0) is 4.79 Å². The fourth-order valence-corrected chi connectivity index (χ4v) is 0.932. The largest absolute Gasteiger partial charge is 1.00 e. The number of rotatable bonds is 3. The number of quaternary nitrogens is 1. The molecule has 0 bridgehead atoms. The fourth-order valence-electron chi connectivity index (χ4n) is 0.932. The molecule has 1 rings (SSSR count). The molecule has 1 amide bonds. The molecule has 7 heteroatoms. The summed E-state index contributed by atoms with van der Waals surface area (Å²) in [5.41, 5.74) is 4.08. The average molecular weight is 246 g/mol. The molecule has 0 saturated heterocycles. The summed E-state index contributed by atoms with van der Waals surface area (Å²) in [5.74, 6) is -0.219. The van der Waals surface area contributed by atoms with Crippen molar-refractivity contribution < 1.29 is 27.9 Å². The summed E-state index contributed by atoms with van der Waals surface area (Å²) in [6.07, 6.45) is 0. The summed E-state index contributed by atoms with van der Waals surface area (Å²) in [6, 6.07) is 5.28. The number of benzene rings is 1. The van der Waals surface area contributed by atoms with E-state index in [1.54, 1.807) is 6.92 Å². The van der Waals surface area contributed by atoms with Crippen molar-refractivity contribution in [2.75, 3.05) is 5.32 Å². The average Bonchev–Trinajstić information content (AvgIpc) is 2.18. The van der Waals surface area contributed by atoms with Crippen LogP contribution in [0.2, 0.25) is 0 Å². The normalized spacial score (nSPS) is 11.1. The topological polar surface area (TPSA) is 99.9 Å². The van der Waals surface area contributed by atoms with Gasteiger partial charge in [0, 0.05) is 17.8 Å². The standard InChI is InChI=1S/C9H11N3O3.ClH/c1-6(10)9(13)11-7-2-4-8(5-3-7)12(14)15;/h2-6H,10H2,1H3,(H,11,13);1H/t6-;/m0./s1. The zero-order valence-corrected chi connectivity index (χ0v) is 9.40. The molecule has 1 atom stereocenters. The maximum Gasteiger partial charge on any atom is 0.282 e. The molecule has 16 heavy (non-hydrogen) atoms. The number of hydrogen-bond acceptors (Lipinski definition) is 3. The quantitative estimate of drug-likeness (QED) is 0.443. The Hall–Kier alpha value is -1.66. The van der Waals surface area contributed by atoms with E-state index in [0.29, 0.717) is 5.69 Å². The number of nitrogens with zero attached hydrogens (tertiary/aromatic N) is 1. The van der Waals surface area contributed by atoms with Gasteiger partial charge in [0.1, 0.15) is 0 Å². The summed E-state index contributed by atoms with van der Waals surface area (Å²) in [4.78, 5) is 21.1. The molecule has 0 aromatic heterocycles. The Morgan fingerprint density at radius 3 is 2.31 bits per heavy atom. The highest BCUT2D eigenvalue weighted by Crippen LogP contribution is 2.15. The summed E-state index contributed by atoms with van der Waals surface area (Å²) >= 11 is 0. The molecule has 88 valence electrons. The smallest absolute Gasteiger partial charge is 0.282 e. The van der Waals surface area contributed by atoms with Crippen LogP contribution < -0.4 is 23.5 Å². The third-order valence-electron chi connectivity index (χ3n) is 1.79. The number of nitro groups is 1. The zero-order chi connectivity index (χ0) is 11.4. The maximum absolute atomic E-state index is 11.2. The molecular weight excluding hydrogens is 234 g/mol. The second-order valence-corrected chi connectivity index (χ2v) is 3.19. The van der Waals surface area contributed by atoms with Gasteiger partial charge in [0.15, 0.2) is 6.04 Å². The summed E-state index contributed by atoms with van der Waals surface area (Å²) in [5, 5.41) is 12.9. The molecule has 0 aliphatic heterocycles. The third kappa shape index (κ3) is 3.84. The molecule has 0 spiro atoms. The molecule has 1 aromatic rings. The molecule has 0 radical (unpaired) electrons. The fraction of sp³-hybridized carbons (Fsp3) is 0.222. The van der Waals surface area contributed by atoms with E-state index in [4.69, 9.17) is 0 Å². The first-order valence-corrected chi connectivity index (χ1v) is 4.39. The summed E-state index contributed by atoms with van der Waals surface area (Å²) < 4.78 is 0. The first kappa shape index (κ1) is 14.3. The van der Waals surface area contributed by atoms with E-state index < -0.39 is 4.92 Å². The minimum absolute atomic E-state index is 0. The molecule has 1 aromatic carbocycles. The van der Waals surface area contributed by atoms with Gasteiger partial charge in [-0.25, -0.2) is 0 Å². The number of halogens is 1. The molecule has 0 heterocycles. The first-order valence-electron chi connectivity index (χ1n) is 4.39. The Kier molecular flexibility index (Phi) is 5.41. The molecule has 0 aliphatic carbocycles. The van der Waals surface area contributed by atoms with E-state index in [0.717, 1.165) is 0 Å². The van der Waals surface area contributed by atoms with Crippen molar-refractivity contribution in [2.45, 2.75) is 13.0 Å². The predicted molar refractivity (Wildman–Crippen MR) is 54.1 cm³/mol. The number of carbonyl (C=O) groups excluding carboxylic acids is 1. The molecule has 4 N–H and O–H groups in total. The predicted octanol–water partition coefficient (Wildman–Crippen LogP) is -2.83. The van der Waals surface area contributed by atoms with Crippen molar-refractivity contribution >= 4 is 17.3 Å². The zero-order valence-electron chi connectivity index (χ0n) is 8.64. The highest BCUT2D eigenvalue weighted by Gasteiger charge is 2.11. The van der Waals surface area contributed by atoms with Gasteiger partial charge in [-0.1, -0.05) is 0 Å². The minimum atomic E-state index is -0.490. The Balaban J connectivity index is 0.00000225. The van der Waals surface area contributed by atoms with Gasteiger partial charge < -0.3 is 23.5 Å². The van der Waals surface area contributed by atoms with Gasteiger partial charge in [0.05, 0.1) is 4.92 Å². The van der Waals surface area contributed by atoms with Crippen LogP contribution >= 0.6 is 0 Å². The maximum atomic E-state index is 11.2. The number of nitro benzene ring substituents is 1. The Morgan fingerprint density at radius 2 is 1.94 bits per heavy atom. The Morgan fingerprint density at radius 1 is 1.44 bits per heavy atom. The number of carbonyl (C=O) groups is 1. The SMILES string of the molecule is C[C@H]([NH3+])C(=O)Nc1ccc([N+](=O)[O-])cc1.[Cl-]. The van der Waals surface area contributed by atoms with E-state index in [1.807, 2.05) is 0 Å². The van der Waals surface area contributed by atoms with Crippen molar-refractivity contribution in [1.29, 1.82) is 0 Å². The van der Waals surface area contributed by atoms with Gasteiger partial charge in [-0.15, -0.1) is 0 Å². The van der Waals surface area contributed by atoms with Gasteiger partial charge >= 0.3 is 0 Å². The molecule has 6 nitrogen and oxygen atoms in total. The van der Waals surface area contributed by atoms with Crippen LogP contribution in [0.25, 0.3) is 0 Å². The van der Waals surface area contributed by atoms with E-state index in [-0.39, 0.29) is 30.0 Å². The van der Waals surface area contributed by atoms with Crippen molar-refractivity contribution in [2.24, 2.45) is 0 Å². The lowest BCUT2D eigenvalue weighted by molar-refractivity contribution is -0.396. The van der Waals surface area contributed by atoms with Crippen LogP contribution in [0.4, 0.5) is 11.4 Å². The third-order valence-corrected chi connectivity index (χ3v) is 1.79. The Bertz CT molecular complexity index is 378. The van der Waals surface area contributed by atoms with Crippen LogP contribution in [0.1, 0.15) is 6.92 Å². The number of nitrogens with one attached hydrogen (secondary N) is 1. The van der Waals surface area contributed by atoms with Gasteiger partial charge in [0.25, 0.3) is 11.6 Å². The lowest BCUT2D eigenvalue weighted by Gasteiger charge is -2.04. The van der Waals surface area contributed by atoms with Gasteiger partial charge in [-0.05, 0) is 19.1 Å². The van der Waals surface area contributed by atoms with Crippen molar-refractivity contribution in [3.63, 3.8) is 0 Å². The lowest BCUT2D eigenvalue weighted by atomic mass is 10.2. The monoisotopic (exact) mass is 245 g/mol. The van der Waals surface area contributed by atoms with Crippen molar-refractivity contribution in [1.82, 2.24) is 0 Å². The summed E-state index contributed by atoms with van der Waals surface area (Å²) in [7, 11) is 0. The molecule has 0 aliphatic rings. The number of amides is 1. The molecule has 0 fully saturated rings. The van der Waals surface area contributed by atoms with Crippen LogP contribution in [0, 0.1) is 10.1 Å². The number of anilines is 1. The highest BCUT2D eigenvalue weighted by molar-refractivity contribution is 5.93. The first-order chi connectivity index (χ1) is 7.00. The van der Waals surface area contributed by atoms with E-state index in [9.17, 15) is 14.9 Å². The van der Waals surface area contributed by atoms with E-state index >= 15 is 0 Å². The number of non-ortho nitro benzene ring substituents is 1. The van der Waals surface area contributed by atoms with Crippen LogP contribution in [0.5, 0.6) is 0 Å². The van der Waals surface area contributed by atoms with Crippen LogP contribution in [-0.4, -0.2) is 16.9 Å². The lowest BCUT2D eigenvalue weighted by Crippen LogP contribution is -3.00. The van der Waals surface area contributed by atoms with Gasteiger partial charge in [0.2, 0.25) is 0 Å². The van der Waals surface area contributed by atoms with Gasteiger partial charge in [-0.2, -0.15) is 0 Å². The van der Waals surface area contributed by atoms with E-state index in [1.165, 1.54) is 24.3 Å². The second-order valence-electron chi connectivity index (χ2n) is 3.19. The molecule has 0 unspecified atom stereocenters. The van der Waals surface area contributed by atoms with Crippen LogP contribution in [0.3, 0.4) is 0 Å². The Labute approximate surface area is 98.4 Å².